The number of hydrogen-bond acceptors (Lipinski definition) is 6. The average Bonchev–Trinajstić information content (AvgIpc) is 3.03. The van der Waals surface area contributed by atoms with E-state index in [4.69, 9.17) is 4.74 Å². The minimum atomic E-state index is 0.315. The van der Waals surface area contributed by atoms with Gasteiger partial charge in [-0.2, -0.15) is 9.36 Å². The number of benzene rings is 1. The lowest BCUT2D eigenvalue weighted by molar-refractivity contribution is -0.0670. The number of likely N-dealkylation sites (N-methyl/N-ethyl adjacent to an activating group) is 1. The first-order valence-corrected chi connectivity index (χ1v) is 8.87. The fourth-order valence-electron chi connectivity index (χ4n) is 2.93. The molecule has 2 atom stereocenters. The zero-order chi connectivity index (χ0) is 16.2. The third kappa shape index (κ3) is 4.28. The van der Waals surface area contributed by atoms with E-state index in [0.717, 1.165) is 42.7 Å². The molecule has 1 aromatic carbocycles. The molecule has 0 saturated carbocycles. The number of ether oxygens (including phenoxy) is 1. The second-order valence-electron chi connectivity index (χ2n) is 6.21. The highest BCUT2D eigenvalue weighted by molar-refractivity contribution is 7.09. The molecule has 1 saturated heterocycles. The first-order valence-electron chi connectivity index (χ1n) is 8.10. The summed E-state index contributed by atoms with van der Waals surface area (Å²) in [5.74, 6) is 0.811. The van der Waals surface area contributed by atoms with Crippen LogP contribution in [0.25, 0.3) is 11.4 Å². The number of hydrogen-bond donors (Lipinski definition) is 0. The van der Waals surface area contributed by atoms with Gasteiger partial charge in [0.15, 0.2) is 5.82 Å². The molecule has 0 aliphatic carbocycles. The molecule has 1 fully saturated rings. The maximum absolute atomic E-state index is 5.78. The Hall–Kier alpha value is -1.50. The van der Waals surface area contributed by atoms with Crippen molar-refractivity contribution in [1.29, 1.82) is 0 Å². The fourth-order valence-corrected chi connectivity index (χ4v) is 3.60. The maximum Gasteiger partial charge on any atom is 0.205 e. The van der Waals surface area contributed by atoms with Crippen LogP contribution >= 0.6 is 11.5 Å². The van der Waals surface area contributed by atoms with Crippen LogP contribution in [0.1, 0.15) is 13.8 Å². The third-order valence-electron chi connectivity index (χ3n) is 4.02. The van der Waals surface area contributed by atoms with E-state index in [1.807, 2.05) is 30.3 Å². The molecule has 0 amide bonds. The van der Waals surface area contributed by atoms with Crippen LogP contribution in [0, 0.1) is 0 Å². The second kappa shape index (κ2) is 7.38. The summed E-state index contributed by atoms with van der Waals surface area (Å²) in [7, 11) is 2.09. The van der Waals surface area contributed by atoms with Gasteiger partial charge in [-0.25, -0.2) is 0 Å². The molecule has 0 radical (unpaired) electrons. The van der Waals surface area contributed by atoms with Crippen molar-refractivity contribution >= 4 is 16.7 Å². The first kappa shape index (κ1) is 16.4. The molecule has 23 heavy (non-hydrogen) atoms. The van der Waals surface area contributed by atoms with Gasteiger partial charge in [0.25, 0.3) is 0 Å². The lowest BCUT2D eigenvalue weighted by Gasteiger charge is -2.36. The number of anilines is 1. The quantitative estimate of drug-likeness (QED) is 0.842. The highest BCUT2D eigenvalue weighted by atomic mass is 32.1. The van der Waals surface area contributed by atoms with E-state index in [1.54, 1.807) is 0 Å². The van der Waals surface area contributed by atoms with E-state index in [2.05, 4.69) is 40.1 Å². The van der Waals surface area contributed by atoms with Crippen LogP contribution in [0.3, 0.4) is 0 Å². The molecule has 5 nitrogen and oxygen atoms in total. The molecule has 124 valence electrons. The summed E-state index contributed by atoms with van der Waals surface area (Å²) in [4.78, 5) is 9.32. The van der Waals surface area contributed by atoms with Crippen LogP contribution in [0.4, 0.5) is 5.13 Å². The Morgan fingerprint density at radius 2 is 1.91 bits per heavy atom. The molecule has 0 unspecified atom stereocenters. The highest BCUT2D eigenvalue weighted by Crippen LogP contribution is 2.23. The Kier molecular flexibility index (Phi) is 5.25. The molecule has 1 aliphatic heterocycles. The summed E-state index contributed by atoms with van der Waals surface area (Å²) in [6, 6.07) is 10.1. The summed E-state index contributed by atoms with van der Waals surface area (Å²) < 4.78 is 10.3. The summed E-state index contributed by atoms with van der Waals surface area (Å²) >= 11 is 1.46. The number of morpholine rings is 1. The van der Waals surface area contributed by atoms with Gasteiger partial charge in [-0.3, -0.25) is 4.90 Å². The number of aromatic nitrogens is 2. The predicted molar refractivity (Wildman–Crippen MR) is 95.1 cm³/mol. The van der Waals surface area contributed by atoms with Crippen molar-refractivity contribution in [3.05, 3.63) is 30.3 Å². The Morgan fingerprint density at radius 1 is 1.22 bits per heavy atom. The lowest BCUT2D eigenvalue weighted by Crippen LogP contribution is -2.47. The molecule has 6 heteroatoms. The number of rotatable bonds is 5. The van der Waals surface area contributed by atoms with E-state index in [-0.39, 0.29) is 0 Å². The van der Waals surface area contributed by atoms with Crippen LogP contribution in [0.2, 0.25) is 0 Å². The molecule has 3 rings (SSSR count). The van der Waals surface area contributed by atoms with Crippen molar-refractivity contribution in [3.8, 4) is 11.4 Å². The summed E-state index contributed by atoms with van der Waals surface area (Å²) in [6.07, 6.45) is 0.630. The predicted octanol–water partition coefficient (Wildman–Crippen LogP) is 2.75. The lowest BCUT2D eigenvalue weighted by atomic mass is 10.2. The SMILES string of the molecule is C[C@@H]1CN(CCN(C)c2nc(-c3ccccc3)ns2)C[C@H](C)O1. The van der Waals surface area contributed by atoms with E-state index in [1.165, 1.54) is 11.5 Å². The largest absolute Gasteiger partial charge is 0.373 e. The minimum Gasteiger partial charge on any atom is -0.373 e. The first-order chi connectivity index (χ1) is 11.1. The summed E-state index contributed by atoms with van der Waals surface area (Å²) in [5.41, 5.74) is 1.07. The molecule has 1 aromatic heterocycles. The Balaban J connectivity index is 1.56. The van der Waals surface area contributed by atoms with Crippen molar-refractivity contribution in [2.24, 2.45) is 0 Å². The highest BCUT2D eigenvalue weighted by Gasteiger charge is 2.22. The van der Waals surface area contributed by atoms with E-state index in [9.17, 15) is 0 Å². The Bertz CT molecular complexity index is 608. The average molecular weight is 332 g/mol. The van der Waals surface area contributed by atoms with Gasteiger partial charge < -0.3 is 9.64 Å². The minimum absolute atomic E-state index is 0.315. The third-order valence-corrected chi connectivity index (χ3v) is 4.85. The van der Waals surface area contributed by atoms with Gasteiger partial charge in [0.2, 0.25) is 5.13 Å². The molecule has 0 N–H and O–H groups in total. The van der Waals surface area contributed by atoms with Gasteiger partial charge in [-0.1, -0.05) is 30.3 Å². The summed E-state index contributed by atoms with van der Waals surface area (Å²) in [6.45, 7) is 8.26. The van der Waals surface area contributed by atoms with Gasteiger partial charge in [0, 0.05) is 50.3 Å². The topological polar surface area (TPSA) is 41.5 Å². The van der Waals surface area contributed by atoms with Gasteiger partial charge in [-0.05, 0) is 13.8 Å². The Morgan fingerprint density at radius 3 is 2.61 bits per heavy atom. The van der Waals surface area contributed by atoms with Crippen LogP contribution in [-0.4, -0.2) is 59.7 Å². The second-order valence-corrected chi connectivity index (χ2v) is 6.94. The van der Waals surface area contributed by atoms with Crippen molar-refractivity contribution in [2.75, 3.05) is 38.1 Å². The van der Waals surface area contributed by atoms with Gasteiger partial charge >= 0.3 is 0 Å². The van der Waals surface area contributed by atoms with Crippen LogP contribution in [-0.2, 0) is 4.74 Å². The van der Waals surface area contributed by atoms with E-state index >= 15 is 0 Å². The van der Waals surface area contributed by atoms with Crippen molar-refractivity contribution < 1.29 is 4.74 Å². The van der Waals surface area contributed by atoms with Gasteiger partial charge in [0.1, 0.15) is 0 Å². The molecule has 2 aromatic rings. The zero-order valence-corrected chi connectivity index (χ0v) is 14.8. The zero-order valence-electron chi connectivity index (χ0n) is 14.0. The van der Waals surface area contributed by atoms with Crippen molar-refractivity contribution in [1.82, 2.24) is 14.3 Å². The molecule has 2 heterocycles. The molecular weight excluding hydrogens is 308 g/mol. The van der Waals surface area contributed by atoms with E-state index in [0.29, 0.717) is 12.2 Å². The van der Waals surface area contributed by atoms with E-state index < -0.39 is 0 Å². The molecular formula is C17H24N4OS. The monoisotopic (exact) mass is 332 g/mol. The van der Waals surface area contributed by atoms with Crippen molar-refractivity contribution in [3.63, 3.8) is 0 Å². The Labute approximate surface area is 142 Å². The van der Waals surface area contributed by atoms with Crippen LogP contribution in [0.5, 0.6) is 0 Å². The normalized spacial score (nSPS) is 22.2. The van der Waals surface area contributed by atoms with Crippen molar-refractivity contribution in [2.45, 2.75) is 26.1 Å². The molecule has 1 aliphatic rings. The van der Waals surface area contributed by atoms with Gasteiger partial charge in [-0.15, -0.1) is 0 Å². The molecule has 0 spiro atoms. The fraction of sp³-hybridized carbons (Fsp3) is 0.529. The van der Waals surface area contributed by atoms with Crippen LogP contribution < -0.4 is 4.90 Å². The maximum atomic E-state index is 5.78. The summed E-state index contributed by atoms with van der Waals surface area (Å²) in [5, 5.41) is 0.971. The van der Waals surface area contributed by atoms with Gasteiger partial charge in [0.05, 0.1) is 12.2 Å². The smallest absolute Gasteiger partial charge is 0.205 e. The number of nitrogens with zero attached hydrogens (tertiary/aromatic N) is 4. The van der Waals surface area contributed by atoms with Crippen LogP contribution in [0.15, 0.2) is 30.3 Å². The molecule has 0 bridgehead atoms. The standard InChI is InChI=1S/C17H24N4OS/c1-13-11-21(12-14(2)22-13)10-9-20(3)17-18-16(19-23-17)15-7-5-4-6-8-15/h4-8,13-14H,9-12H2,1-3H3/t13-,14+.